The maximum absolute atomic E-state index is 8.46. The Morgan fingerprint density at radius 1 is 1.42 bits per heavy atom. The summed E-state index contributed by atoms with van der Waals surface area (Å²) in [6.07, 6.45) is 0. The molecule has 1 aromatic rings. The molecule has 3 N–H and O–H groups in total. The molecular formula is C8H7N3O. The van der Waals surface area contributed by atoms with Crippen molar-refractivity contribution < 1.29 is 5.21 Å². The van der Waals surface area contributed by atoms with Gasteiger partial charge in [-0.05, 0) is 24.3 Å². The summed E-state index contributed by atoms with van der Waals surface area (Å²) < 4.78 is 0. The third-order valence-electron chi connectivity index (χ3n) is 1.42. The van der Waals surface area contributed by atoms with E-state index in [-0.39, 0.29) is 5.84 Å². The largest absolute Gasteiger partial charge is 0.409 e. The fraction of sp³-hybridized carbons (Fsp3) is 0. The quantitative estimate of drug-likeness (QED) is 0.274. The van der Waals surface area contributed by atoms with E-state index in [2.05, 4.69) is 5.16 Å². The Bertz CT molecular complexity index is 334. The highest BCUT2D eigenvalue weighted by molar-refractivity contribution is 5.97. The van der Waals surface area contributed by atoms with Crippen molar-refractivity contribution in [2.24, 2.45) is 10.9 Å². The summed E-state index contributed by atoms with van der Waals surface area (Å²) in [6, 6.07) is 8.41. The Morgan fingerprint density at radius 3 is 2.42 bits per heavy atom. The lowest BCUT2D eigenvalue weighted by Crippen LogP contribution is -2.12. The molecule has 1 aromatic carbocycles. The number of nitrogens with two attached hydrogens (primary N) is 1. The highest BCUT2D eigenvalue weighted by atomic mass is 16.4. The standard InChI is InChI=1S/C8H7N3O/c9-5-6-1-3-7(4-2-6)8(10)11-12/h1-4,12H,(H2,10,11). The fourth-order valence-electron chi connectivity index (χ4n) is 0.773. The van der Waals surface area contributed by atoms with Crippen LogP contribution in [0, 0.1) is 11.3 Å². The monoisotopic (exact) mass is 161 g/mol. The highest BCUT2D eigenvalue weighted by Gasteiger charge is 1.97. The summed E-state index contributed by atoms with van der Waals surface area (Å²) in [4.78, 5) is 0. The minimum Gasteiger partial charge on any atom is -0.409 e. The third kappa shape index (κ3) is 1.52. The van der Waals surface area contributed by atoms with Crippen LogP contribution in [-0.2, 0) is 0 Å². The van der Waals surface area contributed by atoms with Crippen LogP contribution in [0.5, 0.6) is 0 Å². The van der Waals surface area contributed by atoms with Crippen molar-refractivity contribution in [3.05, 3.63) is 35.4 Å². The molecule has 0 radical (unpaired) electrons. The summed E-state index contributed by atoms with van der Waals surface area (Å²) in [6.45, 7) is 0. The van der Waals surface area contributed by atoms with Gasteiger partial charge in [0.1, 0.15) is 0 Å². The average molecular weight is 161 g/mol. The SMILES string of the molecule is N#Cc1ccc(C(N)=NO)cc1. The lowest BCUT2D eigenvalue weighted by atomic mass is 10.1. The van der Waals surface area contributed by atoms with Gasteiger partial charge < -0.3 is 10.9 Å². The third-order valence-corrected chi connectivity index (χ3v) is 1.42. The molecule has 0 saturated heterocycles. The molecule has 0 bridgehead atoms. The van der Waals surface area contributed by atoms with Gasteiger partial charge in [-0.15, -0.1) is 0 Å². The van der Waals surface area contributed by atoms with Crippen molar-refractivity contribution in [2.75, 3.05) is 0 Å². The molecule has 0 unspecified atom stereocenters. The summed E-state index contributed by atoms with van der Waals surface area (Å²) in [5, 5.41) is 19.6. The molecule has 0 aliphatic heterocycles. The molecule has 0 fully saturated rings. The number of hydrogen-bond donors (Lipinski definition) is 2. The zero-order valence-corrected chi connectivity index (χ0v) is 6.23. The molecule has 0 saturated carbocycles. The maximum atomic E-state index is 8.46. The first-order valence-electron chi connectivity index (χ1n) is 3.26. The molecule has 4 heteroatoms. The van der Waals surface area contributed by atoms with Crippen LogP contribution in [0.1, 0.15) is 11.1 Å². The van der Waals surface area contributed by atoms with Crippen molar-refractivity contribution in [1.29, 1.82) is 5.26 Å². The first-order valence-corrected chi connectivity index (χ1v) is 3.26. The summed E-state index contributed by atoms with van der Waals surface area (Å²) >= 11 is 0. The molecule has 12 heavy (non-hydrogen) atoms. The molecule has 4 nitrogen and oxygen atoms in total. The van der Waals surface area contributed by atoms with E-state index in [4.69, 9.17) is 16.2 Å². The second-order valence-electron chi connectivity index (χ2n) is 2.17. The van der Waals surface area contributed by atoms with Crippen LogP contribution in [0.3, 0.4) is 0 Å². The summed E-state index contributed by atoms with van der Waals surface area (Å²) in [5.41, 5.74) is 6.44. The van der Waals surface area contributed by atoms with Gasteiger partial charge in [-0.25, -0.2) is 0 Å². The lowest BCUT2D eigenvalue weighted by Gasteiger charge is -1.96. The van der Waals surface area contributed by atoms with Crippen molar-refractivity contribution in [1.82, 2.24) is 0 Å². The highest BCUT2D eigenvalue weighted by Crippen LogP contribution is 2.02. The van der Waals surface area contributed by atoms with E-state index in [1.165, 1.54) is 0 Å². The van der Waals surface area contributed by atoms with E-state index >= 15 is 0 Å². The lowest BCUT2D eigenvalue weighted by molar-refractivity contribution is 0.318. The number of oxime groups is 1. The van der Waals surface area contributed by atoms with Crippen molar-refractivity contribution in [2.45, 2.75) is 0 Å². The number of hydrogen-bond acceptors (Lipinski definition) is 3. The van der Waals surface area contributed by atoms with E-state index in [1.807, 2.05) is 6.07 Å². The van der Waals surface area contributed by atoms with Crippen LogP contribution in [0.25, 0.3) is 0 Å². The van der Waals surface area contributed by atoms with Crippen LogP contribution in [0.15, 0.2) is 29.4 Å². The molecule has 0 amide bonds. The first kappa shape index (κ1) is 8.08. The van der Waals surface area contributed by atoms with Crippen molar-refractivity contribution >= 4 is 5.84 Å². The van der Waals surface area contributed by atoms with Gasteiger partial charge in [0, 0.05) is 5.56 Å². The smallest absolute Gasteiger partial charge is 0.170 e. The summed E-state index contributed by atoms with van der Waals surface area (Å²) in [5.74, 6) is 0.0412. The normalized spacial score (nSPS) is 10.8. The zero-order valence-electron chi connectivity index (χ0n) is 6.23. The second-order valence-corrected chi connectivity index (χ2v) is 2.17. The van der Waals surface area contributed by atoms with Crippen LogP contribution in [0.2, 0.25) is 0 Å². The zero-order chi connectivity index (χ0) is 8.97. The number of benzene rings is 1. The average Bonchev–Trinajstić information content (AvgIpc) is 2.17. The molecule has 0 aromatic heterocycles. The molecule has 0 atom stereocenters. The maximum Gasteiger partial charge on any atom is 0.170 e. The van der Waals surface area contributed by atoms with E-state index in [9.17, 15) is 0 Å². The van der Waals surface area contributed by atoms with Gasteiger partial charge in [0.2, 0.25) is 0 Å². The van der Waals surface area contributed by atoms with Gasteiger partial charge in [0.15, 0.2) is 5.84 Å². The fourth-order valence-corrected chi connectivity index (χ4v) is 0.773. The molecule has 0 aliphatic rings. The minimum atomic E-state index is 0.0412. The molecule has 1 rings (SSSR count). The van der Waals surface area contributed by atoms with Gasteiger partial charge >= 0.3 is 0 Å². The second kappa shape index (κ2) is 3.39. The van der Waals surface area contributed by atoms with Crippen LogP contribution < -0.4 is 5.73 Å². The van der Waals surface area contributed by atoms with Crippen LogP contribution in [0.4, 0.5) is 0 Å². The van der Waals surface area contributed by atoms with E-state index in [0.29, 0.717) is 11.1 Å². The Labute approximate surface area is 69.5 Å². The topological polar surface area (TPSA) is 82.4 Å². The molecule has 0 aliphatic carbocycles. The van der Waals surface area contributed by atoms with Gasteiger partial charge in [-0.3, -0.25) is 0 Å². The number of amidine groups is 1. The Morgan fingerprint density at radius 2 is 2.00 bits per heavy atom. The van der Waals surface area contributed by atoms with E-state index in [1.54, 1.807) is 24.3 Å². The molecule has 0 spiro atoms. The minimum absolute atomic E-state index is 0.0412. The Hall–Kier alpha value is -2.02. The predicted molar refractivity (Wildman–Crippen MR) is 43.7 cm³/mol. The predicted octanol–water partition coefficient (Wildman–Crippen LogP) is 0.653. The van der Waals surface area contributed by atoms with Crippen LogP contribution in [-0.4, -0.2) is 11.0 Å². The Kier molecular flexibility index (Phi) is 2.29. The molecular weight excluding hydrogens is 154 g/mol. The first-order chi connectivity index (χ1) is 5.77. The van der Waals surface area contributed by atoms with Crippen molar-refractivity contribution in [3.8, 4) is 6.07 Å². The van der Waals surface area contributed by atoms with Gasteiger partial charge in [-0.2, -0.15) is 5.26 Å². The van der Waals surface area contributed by atoms with Gasteiger partial charge in [-0.1, -0.05) is 5.16 Å². The number of rotatable bonds is 1. The van der Waals surface area contributed by atoms with Crippen molar-refractivity contribution in [3.63, 3.8) is 0 Å². The molecule has 0 heterocycles. The number of nitrogens with zero attached hydrogens (tertiary/aromatic N) is 2. The van der Waals surface area contributed by atoms with Crippen LogP contribution >= 0.6 is 0 Å². The Balaban J connectivity index is 3.02. The van der Waals surface area contributed by atoms with Gasteiger partial charge in [0.05, 0.1) is 11.6 Å². The van der Waals surface area contributed by atoms with E-state index in [0.717, 1.165) is 0 Å². The molecule has 60 valence electrons. The van der Waals surface area contributed by atoms with E-state index < -0.39 is 0 Å². The summed E-state index contributed by atoms with van der Waals surface area (Å²) in [7, 11) is 0. The number of nitriles is 1. The van der Waals surface area contributed by atoms with Gasteiger partial charge in [0.25, 0.3) is 0 Å².